The summed E-state index contributed by atoms with van der Waals surface area (Å²) < 4.78 is 6.86. The normalized spacial score (nSPS) is 30.0. The van der Waals surface area contributed by atoms with Crippen LogP contribution in [0.2, 0.25) is 0 Å². The van der Waals surface area contributed by atoms with Gasteiger partial charge in [0.2, 0.25) is 5.91 Å². The number of likely N-dealkylation sites (tertiary alicyclic amines) is 1. The van der Waals surface area contributed by atoms with Crippen LogP contribution in [0.5, 0.6) is 0 Å². The van der Waals surface area contributed by atoms with Gasteiger partial charge in [-0.2, -0.15) is 0 Å². The van der Waals surface area contributed by atoms with Gasteiger partial charge in [-0.1, -0.05) is 6.42 Å². The van der Waals surface area contributed by atoms with Crippen molar-refractivity contribution in [1.82, 2.24) is 19.8 Å². The molecular formula is C21H32N4O4. The van der Waals surface area contributed by atoms with E-state index >= 15 is 0 Å². The molecule has 0 bridgehead atoms. The van der Waals surface area contributed by atoms with Gasteiger partial charge in [-0.15, -0.1) is 0 Å². The molecule has 4 rings (SSSR count). The van der Waals surface area contributed by atoms with Gasteiger partial charge in [0.15, 0.2) is 0 Å². The van der Waals surface area contributed by atoms with E-state index in [0.717, 1.165) is 56.3 Å². The van der Waals surface area contributed by atoms with Crippen molar-refractivity contribution in [2.24, 2.45) is 24.8 Å². The first-order valence-corrected chi connectivity index (χ1v) is 10.8. The van der Waals surface area contributed by atoms with Crippen molar-refractivity contribution in [3.05, 3.63) is 32.6 Å². The smallest absolute Gasteiger partial charge is 0.328 e. The van der Waals surface area contributed by atoms with Gasteiger partial charge >= 0.3 is 5.69 Å². The zero-order valence-corrected chi connectivity index (χ0v) is 17.4. The fraction of sp³-hybridized carbons (Fsp3) is 0.762. The SMILES string of the molecule is CO[C@H]1C[C@@H]2CN(CCc3c[nH]c(=O)n(C)c3=O)C[C@@H]2C[C@@H]1NC(=O)C1CCC1. The Morgan fingerprint density at radius 1 is 1.24 bits per heavy atom. The van der Waals surface area contributed by atoms with Gasteiger partial charge < -0.3 is 19.9 Å². The number of nitrogens with zero attached hydrogens (tertiary/aromatic N) is 2. The Kier molecular flexibility index (Phi) is 5.92. The Morgan fingerprint density at radius 3 is 2.62 bits per heavy atom. The molecule has 1 saturated heterocycles. The zero-order valence-electron chi connectivity index (χ0n) is 17.4. The summed E-state index contributed by atoms with van der Waals surface area (Å²) >= 11 is 0. The number of aromatic amines is 1. The molecule has 1 aromatic heterocycles. The van der Waals surface area contributed by atoms with Gasteiger partial charge in [-0.3, -0.25) is 14.2 Å². The molecule has 0 radical (unpaired) electrons. The fourth-order valence-corrected chi connectivity index (χ4v) is 5.15. The summed E-state index contributed by atoms with van der Waals surface area (Å²) in [5.41, 5.74) is 0.0394. The van der Waals surface area contributed by atoms with E-state index in [0.29, 0.717) is 23.8 Å². The van der Waals surface area contributed by atoms with Crippen LogP contribution >= 0.6 is 0 Å². The summed E-state index contributed by atoms with van der Waals surface area (Å²) in [6.45, 7) is 2.78. The first-order chi connectivity index (χ1) is 14.0. The van der Waals surface area contributed by atoms with Crippen LogP contribution in [0.25, 0.3) is 0 Å². The van der Waals surface area contributed by atoms with E-state index in [1.807, 2.05) is 0 Å². The molecule has 2 saturated carbocycles. The molecule has 0 spiro atoms. The molecule has 29 heavy (non-hydrogen) atoms. The topological polar surface area (TPSA) is 96.4 Å². The lowest BCUT2D eigenvalue weighted by Gasteiger charge is -2.39. The average molecular weight is 405 g/mol. The number of hydrogen-bond donors (Lipinski definition) is 2. The molecule has 160 valence electrons. The highest BCUT2D eigenvalue weighted by atomic mass is 16.5. The summed E-state index contributed by atoms with van der Waals surface area (Å²) in [5, 5.41) is 3.27. The van der Waals surface area contributed by atoms with E-state index in [1.54, 1.807) is 13.3 Å². The number of nitrogens with one attached hydrogen (secondary N) is 2. The monoisotopic (exact) mass is 404 g/mol. The van der Waals surface area contributed by atoms with Gasteiger partial charge in [0.25, 0.3) is 5.56 Å². The molecule has 0 aromatic carbocycles. The molecule has 1 aromatic rings. The van der Waals surface area contributed by atoms with Crippen LogP contribution < -0.4 is 16.6 Å². The zero-order chi connectivity index (χ0) is 20.5. The van der Waals surface area contributed by atoms with Crippen LogP contribution in [0.15, 0.2) is 15.8 Å². The number of carbonyl (C=O) groups is 1. The summed E-state index contributed by atoms with van der Waals surface area (Å²) in [5.74, 6) is 1.51. The van der Waals surface area contributed by atoms with Crippen LogP contribution in [0.3, 0.4) is 0 Å². The van der Waals surface area contributed by atoms with Crippen molar-refractivity contribution >= 4 is 5.91 Å². The van der Waals surface area contributed by atoms with Crippen molar-refractivity contribution in [3.8, 4) is 0 Å². The van der Waals surface area contributed by atoms with Crippen LogP contribution in [-0.4, -0.2) is 59.2 Å². The van der Waals surface area contributed by atoms with E-state index < -0.39 is 0 Å². The molecular weight excluding hydrogens is 372 g/mol. The molecule has 3 fully saturated rings. The van der Waals surface area contributed by atoms with E-state index in [-0.39, 0.29) is 35.2 Å². The molecule has 4 atom stereocenters. The van der Waals surface area contributed by atoms with Gasteiger partial charge in [0.05, 0.1) is 12.1 Å². The van der Waals surface area contributed by atoms with Crippen molar-refractivity contribution < 1.29 is 9.53 Å². The molecule has 8 nitrogen and oxygen atoms in total. The fourth-order valence-electron chi connectivity index (χ4n) is 5.15. The molecule has 1 amide bonds. The van der Waals surface area contributed by atoms with Gasteiger partial charge in [0, 0.05) is 51.5 Å². The quantitative estimate of drug-likeness (QED) is 0.709. The molecule has 2 aliphatic carbocycles. The van der Waals surface area contributed by atoms with Crippen LogP contribution in [-0.2, 0) is 23.0 Å². The first kappa shape index (κ1) is 20.3. The number of methoxy groups -OCH3 is 1. The minimum atomic E-state index is -0.383. The predicted octanol–water partition coefficient (Wildman–Crippen LogP) is 0.258. The lowest BCUT2D eigenvalue weighted by atomic mass is 9.76. The lowest BCUT2D eigenvalue weighted by Crippen LogP contribution is -2.52. The molecule has 3 aliphatic rings. The highest BCUT2D eigenvalue weighted by molar-refractivity contribution is 5.79. The highest BCUT2D eigenvalue weighted by Crippen LogP contribution is 2.38. The Bertz CT molecular complexity index is 859. The van der Waals surface area contributed by atoms with Gasteiger partial charge in [-0.05, 0) is 43.9 Å². The predicted molar refractivity (Wildman–Crippen MR) is 109 cm³/mol. The number of fused-ring (bicyclic) bond motifs is 1. The van der Waals surface area contributed by atoms with E-state index in [2.05, 4.69) is 15.2 Å². The maximum Gasteiger partial charge on any atom is 0.328 e. The third kappa shape index (κ3) is 4.19. The molecule has 1 aliphatic heterocycles. The molecule has 2 N–H and O–H groups in total. The largest absolute Gasteiger partial charge is 0.379 e. The molecule has 2 heterocycles. The third-order valence-corrected chi connectivity index (χ3v) is 7.25. The minimum Gasteiger partial charge on any atom is -0.379 e. The van der Waals surface area contributed by atoms with Crippen molar-refractivity contribution in [1.29, 1.82) is 0 Å². The Balaban J connectivity index is 1.34. The average Bonchev–Trinajstić information content (AvgIpc) is 3.05. The van der Waals surface area contributed by atoms with Crippen molar-refractivity contribution in [2.75, 3.05) is 26.7 Å². The standard InChI is InChI=1S/C21H32N4O4/c1-24-20(27)14(10-22-21(24)28)6-7-25-11-15-8-17(18(29-2)9-16(15)12-25)23-19(26)13-4-3-5-13/h10,13,15-18H,3-9,11-12H2,1-2H3,(H,22,28)(H,23,26)/t15-,16+,17-,18-/m0/s1. The Labute approximate surface area is 170 Å². The highest BCUT2D eigenvalue weighted by Gasteiger charge is 2.43. The maximum absolute atomic E-state index is 12.4. The van der Waals surface area contributed by atoms with Crippen LogP contribution in [0.4, 0.5) is 0 Å². The number of carbonyl (C=O) groups excluding carboxylic acids is 1. The number of hydrogen-bond acceptors (Lipinski definition) is 5. The molecule has 0 unspecified atom stereocenters. The maximum atomic E-state index is 12.4. The summed E-state index contributed by atoms with van der Waals surface area (Å²) in [6, 6.07) is 0.0980. The summed E-state index contributed by atoms with van der Waals surface area (Å²) in [7, 11) is 3.24. The first-order valence-electron chi connectivity index (χ1n) is 10.8. The van der Waals surface area contributed by atoms with E-state index in [4.69, 9.17) is 4.74 Å². The van der Waals surface area contributed by atoms with E-state index in [1.165, 1.54) is 7.05 Å². The number of H-pyrrole nitrogens is 1. The Hall–Kier alpha value is -1.93. The second kappa shape index (κ2) is 8.44. The van der Waals surface area contributed by atoms with E-state index in [9.17, 15) is 14.4 Å². The van der Waals surface area contributed by atoms with Crippen molar-refractivity contribution in [2.45, 2.75) is 50.7 Å². The van der Waals surface area contributed by atoms with Crippen LogP contribution in [0, 0.1) is 17.8 Å². The van der Waals surface area contributed by atoms with Gasteiger partial charge in [0.1, 0.15) is 0 Å². The lowest BCUT2D eigenvalue weighted by molar-refractivity contribution is -0.130. The molecule has 8 heteroatoms. The van der Waals surface area contributed by atoms with Crippen molar-refractivity contribution in [3.63, 3.8) is 0 Å². The number of amides is 1. The van der Waals surface area contributed by atoms with Crippen LogP contribution in [0.1, 0.15) is 37.7 Å². The number of rotatable bonds is 6. The second-order valence-electron chi connectivity index (χ2n) is 9.00. The minimum absolute atomic E-state index is 0.0757. The Morgan fingerprint density at radius 2 is 1.97 bits per heavy atom. The summed E-state index contributed by atoms with van der Waals surface area (Å²) in [4.78, 5) is 41.2. The van der Waals surface area contributed by atoms with Gasteiger partial charge in [-0.25, -0.2) is 4.79 Å². The third-order valence-electron chi connectivity index (χ3n) is 7.25. The number of ether oxygens (including phenoxy) is 1. The number of aromatic nitrogens is 2. The summed E-state index contributed by atoms with van der Waals surface area (Å²) in [6.07, 6.45) is 7.35. The second-order valence-corrected chi connectivity index (χ2v) is 9.00.